The first-order valence-corrected chi connectivity index (χ1v) is 43.9. The Bertz CT molecular complexity index is 7290. The van der Waals surface area contributed by atoms with Gasteiger partial charge in [-0.15, -0.1) is 0 Å². The van der Waals surface area contributed by atoms with Crippen molar-refractivity contribution >= 4 is 87.2 Å². The van der Waals surface area contributed by atoms with Crippen LogP contribution in [0.1, 0.15) is 195 Å². The minimum Gasteiger partial charge on any atom is -0.309 e. The molecule has 0 radical (unpaired) electrons. The largest absolute Gasteiger partial charge is 0.309 e. The van der Waals surface area contributed by atoms with E-state index in [1.807, 2.05) is 36.4 Å². The molecule has 4 heterocycles. The van der Waals surface area contributed by atoms with E-state index in [0.29, 0.717) is 11.1 Å². The van der Waals surface area contributed by atoms with Crippen molar-refractivity contribution in [2.24, 2.45) is 0 Å². The summed E-state index contributed by atoms with van der Waals surface area (Å²) >= 11 is 0. The van der Waals surface area contributed by atoms with E-state index in [-0.39, 0.29) is 62.1 Å². The zero-order chi connectivity index (χ0) is 90.5. The number of aromatic nitrogens is 4. The van der Waals surface area contributed by atoms with Gasteiger partial charge in [0.15, 0.2) is 0 Å². The lowest BCUT2D eigenvalue weighted by Gasteiger charge is -2.31. The molecule has 19 aromatic rings. The van der Waals surface area contributed by atoms with E-state index < -0.39 is 0 Å². The van der Waals surface area contributed by atoms with Gasteiger partial charge in [0.2, 0.25) is 0 Å². The van der Waals surface area contributed by atoms with Crippen LogP contribution < -0.4 is 0 Å². The molecule has 0 bridgehead atoms. The van der Waals surface area contributed by atoms with Gasteiger partial charge in [-0.25, -0.2) is 0 Å². The number of nitrogens with zero attached hydrogens (tertiary/aromatic N) is 4. The smallest absolute Gasteiger partial charge is 0.0632 e. The average molecular weight is 1610 g/mol. The van der Waals surface area contributed by atoms with Crippen molar-refractivity contribution < 1.29 is 5.48 Å². The van der Waals surface area contributed by atoms with Crippen LogP contribution in [0.3, 0.4) is 0 Å². The van der Waals surface area contributed by atoms with Crippen molar-refractivity contribution in [2.45, 2.75) is 190 Å². The summed E-state index contributed by atoms with van der Waals surface area (Å²) in [6, 6.07) is 113. The molecule has 0 aliphatic heterocycles. The first-order chi connectivity index (χ1) is 60.1. The fourth-order valence-electron chi connectivity index (χ4n) is 18.9. The van der Waals surface area contributed by atoms with Crippen molar-refractivity contribution in [3.8, 4) is 56.1 Å². The molecule has 0 fully saturated rings. The van der Waals surface area contributed by atoms with Gasteiger partial charge in [-0.05, 0) is 214 Å². The molecule has 4 heteroatoms. The first-order valence-electron chi connectivity index (χ1n) is 45.9. The number of fused-ring (bicyclic) bond motifs is 12. The number of benzene rings is 15. The summed E-state index contributed by atoms with van der Waals surface area (Å²) in [6.45, 7) is 50.1. The molecular formula is C119H122N4. The second-order valence-corrected chi connectivity index (χ2v) is 40.7. The van der Waals surface area contributed by atoms with E-state index in [9.17, 15) is 0 Å². The van der Waals surface area contributed by atoms with Crippen LogP contribution in [-0.2, 0) is 37.9 Å². The molecule has 0 amide bonds. The van der Waals surface area contributed by atoms with Gasteiger partial charge < -0.3 is 18.3 Å². The Morgan fingerprint density at radius 1 is 0.220 bits per heavy atom. The van der Waals surface area contributed by atoms with Crippen LogP contribution in [0.2, 0.25) is 0 Å². The summed E-state index contributed by atoms with van der Waals surface area (Å²) < 4.78 is 43.5. The SMILES string of the molecule is CC(C)(C)c1c(-c2ccccc2)ccc2c1c1ccccc1n2-c1ccccc1.CC(C)(C)c1cc(-c2ccc3c(c2C(C)(C)C)c2ccccc2n3-c2ccccc2)cc(C(C)(C)C)c1.CC(C)(C)c1ccc2c(c1C(C)(C)C)c1ccccc1n2-c1ccccc1.[2H]c1c([2H])c(C)c([2H])c(-c2ccc3c(c2C(C)(C)C)c2ccccc2n3-c2ccccc2)c1[2H]. The molecule has 618 valence electrons. The van der Waals surface area contributed by atoms with Gasteiger partial charge in [-0.3, -0.25) is 0 Å². The van der Waals surface area contributed by atoms with Crippen LogP contribution in [0.25, 0.3) is 143 Å². The van der Waals surface area contributed by atoms with Crippen molar-refractivity contribution in [1.29, 1.82) is 0 Å². The van der Waals surface area contributed by atoms with Gasteiger partial charge in [0.25, 0.3) is 0 Å². The maximum absolute atomic E-state index is 8.79. The molecule has 0 N–H and O–H groups in total. The zero-order valence-electron chi connectivity index (χ0n) is 80.3. The van der Waals surface area contributed by atoms with E-state index in [0.717, 1.165) is 38.6 Å². The van der Waals surface area contributed by atoms with Crippen molar-refractivity contribution in [3.63, 3.8) is 0 Å². The Morgan fingerprint density at radius 2 is 0.488 bits per heavy atom. The van der Waals surface area contributed by atoms with Crippen LogP contribution in [0.15, 0.2) is 340 Å². The van der Waals surface area contributed by atoms with Crippen LogP contribution in [0, 0.1) is 6.92 Å². The molecule has 123 heavy (non-hydrogen) atoms. The van der Waals surface area contributed by atoms with Gasteiger partial charge in [0.05, 0.1) is 49.6 Å². The van der Waals surface area contributed by atoms with Crippen LogP contribution in [0.4, 0.5) is 0 Å². The number of rotatable bonds is 7. The Morgan fingerprint density at radius 3 is 0.789 bits per heavy atom. The summed E-state index contributed by atoms with van der Waals surface area (Å²) in [5.41, 5.74) is 30.9. The van der Waals surface area contributed by atoms with Crippen LogP contribution in [0.5, 0.6) is 0 Å². The summed E-state index contributed by atoms with van der Waals surface area (Å²) in [6.07, 6.45) is 0. The number of hydrogen-bond acceptors (Lipinski definition) is 0. The maximum atomic E-state index is 8.79. The molecule has 0 aliphatic rings. The number of hydrogen-bond donors (Lipinski definition) is 0. The fourth-order valence-corrected chi connectivity index (χ4v) is 18.9. The predicted octanol–water partition coefficient (Wildman–Crippen LogP) is 33.5. The molecule has 0 saturated heterocycles. The van der Waals surface area contributed by atoms with Gasteiger partial charge in [-0.2, -0.15) is 0 Å². The number of para-hydroxylation sites is 8. The first kappa shape index (κ1) is 79.0. The molecule has 15 aromatic carbocycles. The topological polar surface area (TPSA) is 19.7 Å². The van der Waals surface area contributed by atoms with E-state index in [1.54, 1.807) is 6.92 Å². The third kappa shape index (κ3) is 16.2. The van der Waals surface area contributed by atoms with E-state index in [4.69, 9.17) is 5.48 Å². The monoisotopic (exact) mass is 1610 g/mol. The maximum Gasteiger partial charge on any atom is 0.0632 e. The Kier molecular flexibility index (Phi) is 20.8. The van der Waals surface area contributed by atoms with Crippen molar-refractivity contribution in [3.05, 3.63) is 384 Å². The third-order valence-electron chi connectivity index (χ3n) is 24.3. The molecule has 4 aromatic heterocycles. The molecule has 0 unspecified atom stereocenters. The minimum atomic E-state index is -0.297. The predicted molar refractivity (Wildman–Crippen MR) is 535 cm³/mol. The van der Waals surface area contributed by atoms with E-state index in [2.05, 4.69) is 443 Å². The van der Waals surface area contributed by atoms with Gasteiger partial charge in [-0.1, -0.05) is 394 Å². The lowest BCUT2D eigenvalue weighted by atomic mass is 9.73. The average Bonchev–Trinajstić information content (AvgIpc) is 1.59. The highest BCUT2D eigenvalue weighted by Crippen LogP contribution is 2.50. The van der Waals surface area contributed by atoms with Gasteiger partial charge in [0, 0.05) is 65.8 Å². The second-order valence-electron chi connectivity index (χ2n) is 40.7. The molecule has 0 aliphatic carbocycles. The van der Waals surface area contributed by atoms with E-state index >= 15 is 0 Å². The molecule has 0 spiro atoms. The lowest BCUT2D eigenvalue weighted by molar-refractivity contribution is 0.535. The van der Waals surface area contributed by atoms with Crippen molar-refractivity contribution in [1.82, 2.24) is 18.3 Å². The molecule has 0 saturated carbocycles. The minimum absolute atomic E-state index is 0.0102. The van der Waals surface area contributed by atoms with Crippen LogP contribution in [-0.4, -0.2) is 18.3 Å². The fraction of sp³-hybridized carbons (Fsp3) is 0.244. The second kappa shape index (κ2) is 32.4. The summed E-state index contributed by atoms with van der Waals surface area (Å²) in [5, 5.41) is 10.3. The van der Waals surface area contributed by atoms with Gasteiger partial charge >= 0.3 is 0 Å². The third-order valence-corrected chi connectivity index (χ3v) is 24.3. The van der Waals surface area contributed by atoms with E-state index in [1.165, 1.54) is 138 Å². The molecular weight excluding hydrogens is 1490 g/mol. The Balaban J connectivity index is 0.000000125. The quantitative estimate of drug-likeness (QED) is 0.152. The molecule has 4 nitrogen and oxygen atoms in total. The van der Waals surface area contributed by atoms with Crippen molar-refractivity contribution in [2.75, 3.05) is 0 Å². The highest BCUT2D eigenvalue weighted by molar-refractivity contribution is 6.16. The highest BCUT2D eigenvalue weighted by atomic mass is 15.0. The highest BCUT2D eigenvalue weighted by Gasteiger charge is 2.34. The Labute approximate surface area is 736 Å². The lowest BCUT2D eigenvalue weighted by Crippen LogP contribution is -2.22. The summed E-state index contributed by atoms with van der Waals surface area (Å²) in [5.74, 6) is 0. The summed E-state index contributed by atoms with van der Waals surface area (Å²) in [7, 11) is 0. The molecule has 19 rings (SSSR count). The summed E-state index contributed by atoms with van der Waals surface area (Å²) in [4.78, 5) is 0. The van der Waals surface area contributed by atoms with Crippen LogP contribution >= 0.6 is 0 Å². The Hall–Kier alpha value is -12.5. The van der Waals surface area contributed by atoms with Gasteiger partial charge in [0.1, 0.15) is 0 Å². The standard InChI is InChI=1S/C36H41N.C29H27N.C28H25N.C26H29N/c1-34(2,3)25-21-24(22-26(23-25)35(4,5)6)28-19-20-31-32(33(28)36(7,8)9)29-17-13-14-18-30(29)37(31)27-15-11-10-12-16-27;1-20-11-10-12-21(19-20)23-17-18-26-27(28(23)29(2,3)4)24-15-8-9-16-25(24)30(26)22-13-6-5-7-14-22;1-28(2,3)27-22(20-12-6-4-7-13-20)18-19-25-26(27)23-16-10-11-17-24(23)29(25)21-14-8-5-9-15-21;1-25(2,3)20-16-17-22-23(24(20)26(4,5)6)19-14-10-11-15-21(19)27(22)18-12-8-7-9-13-18/h10-23H,1-9H3;5-19H,1-4H3;4-19H,1-3H3;7-17H,1-6H3/i;10D,11D,12D,19D;;. The molecule has 0 atom stereocenters. The zero-order valence-corrected chi connectivity index (χ0v) is 76.3. The normalized spacial score (nSPS) is 12.9.